The number of amides is 1. The number of alkyl carbamates (subject to hydrolysis) is 1. The zero-order valence-electron chi connectivity index (χ0n) is 26.7. The highest BCUT2D eigenvalue weighted by molar-refractivity contribution is 5.90. The van der Waals surface area contributed by atoms with Crippen molar-refractivity contribution in [2.24, 2.45) is 0 Å². The molecule has 0 spiro atoms. The predicted molar refractivity (Wildman–Crippen MR) is 175 cm³/mol. The molecule has 48 heavy (non-hydrogen) atoms. The summed E-state index contributed by atoms with van der Waals surface area (Å²) in [7, 11) is 2.99. The van der Waals surface area contributed by atoms with Gasteiger partial charge < -0.3 is 39.1 Å². The molecule has 5 rings (SSSR count). The maximum absolute atomic E-state index is 13.5. The van der Waals surface area contributed by atoms with E-state index in [-0.39, 0.29) is 13.2 Å². The van der Waals surface area contributed by atoms with Crippen LogP contribution < -0.4 is 15.4 Å². The summed E-state index contributed by atoms with van der Waals surface area (Å²) in [5.74, 6) is -0.482. The van der Waals surface area contributed by atoms with Gasteiger partial charge in [-0.15, -0.1) is 0 Å². The largest absolute Gasteiger partial charge is 0.497 e. The van der Waals surface area contributed by atoms with Crippen molar-refractivity contribution in [2.45, 2.75) is 43.7 Å². The SMILES string of the molecule is COc1ccc(CN[C@H]2[C@H](OC(=O)c3ccccc3)[C@@H](NC(=O)OCc3ccccc3)[C@H](OC)O[C@@H]2COC(=O)c2ccccc2)cc1. The van der Waals surface area contributed by atoms with Crippen molar-refractivity contribution >= 4 is 18.0 Å². The minimum atomic E-state index is -1.11. The van der Waals surface area contributed by atoms with Gasteiger partial charge in [0.15, 0.2) is 6.29 Å². The van der Waals surface area contributed by atoms with Gasteiger partial charge in [-0.3, -0.25) is 0 Å². The summed E-state index contributed by atoms with van der Waals surface area (Å²) >= 11 is 0. The Morgan fingerprint density at radius 1 is 0.688 bits per heavy atom. The maximum atomic E-state index is 13.5. The van der Waals surface area contributed by atoms with Crippen molar-refractivity contribution in [1.29, 1.82) is 0 Å². The number of hydrogen-bond acceptors (Lipinski definition) is 10. The van der Waals surface area contributed by atoms with E-state index in [1.54, 1.807) is 67.8 Å². The van der Waals surface area contributed by atoms with E-state index in [0.29, 0.717) is 23.4 Å². The summed E-state index contributed by atoms with van der Waals surface area (Å²) < 4.78 is 34.6. The lowest BCUT2D eigenvalue weighted by atomic mass is 9.93. The number of carbonyl (C=O) groups is 3. The lowest BCUT2D eigenvalue weighted by Crippen LogP contribution is -2.69. The Bertz CT molecular complexity index is 1600. The van der Waals surface area contributed by atoms with Gasteiger partial charge in [-0.1, -0.05) is 78.9 Å². The summed E-state index contributed by atoms with van der Waals surface area (Å²) in [6.45, 7) is 0.116. The second kappa shape index (κ2) is 17.1. The number of benzene rings is 4. The van der Waals surface area contributed by atoms with E-state index in [1.807, 2.05) is 54.6 Å². The molecule has 0 aromatic heterocycles. The van der Waals surface area contributed by atoms with Crippen LogP contribution in [0.5, 0.6) is 5.75 Å². The molecule has 4 aromatic carbocycles. The van der Waals surface area contributed by atoms with Gasteiger partial charge in [0.25, 0.3) is 0 Å². The molecular weight excluding hydrogens is 616 g/mol. The van der Waals surface area contributed by atoms with E-state index < -0.39 is 48.6 Å². The summed E-state index contributed by atoms with van der Waals surface area (Å²) in [6, 6.07) is 31.9. The molecular formula is C37H38N2O9. The quantitative estimate of drug-likeness (QED) is 0.152. The molecule has 1 aliphatic rings. The number of rotatable bonds is 13. The molecule has 0 saturated carbocycles. The second-order valence-electron chi connectivity index (χ2n) is 11.0. The van der Waals surface area contributed by atoms with E-state index in [4.69, 9.17) is 28.4 Å². The van der Waals surface area contributed by atoms with Crippen molar-refractivity contribution in [3.63, 3.8) is 0 Å². The van der Waals surface area contributed by atoms with Crippen LogP contribution in [0.15, 0.2) is 115 Å². The topological polar surface area (TPSA) is 131 Å². The van der Waals surface area contributed by atoms with Crippen LogP contribution in [0, 0.1) is 0 Å². The van der Waals surface area contributed by atoms with Crippen molar-refractivity contribution < 1.29 is 42.8 Å². The zero-order chi connectivity index (χ0) is 33.7. The fourth-order valence-electron chi connectivity index (χ4n) is 5.28. The first-order valence-corrected chi connectivity index (χ1v) is 15.4. The lowest BCUT2D eigenvalue weighted by Gasteiger charge is -2.45. The molecule has 250 valence electrons. The fraction of sp³-hybridized carbons (Fsp3) is 0.270. The molecule has 0 unspecified atom stereocenters. The van der Waals surface area contributed by atoms with E-state index in [9.17, 15) is 14.4 Å². The van der Waals surface area contributed by atoms with Gasteiger partial charge in [0.1, 0.15) is 37.2 Å². The third-order valence-corrected chi connectivity index (χ3v) is 7.78. The Balaban J connectivity index is 1.43. The number of nitrogens with one attached hydrogen (secondary N) is 2. The number of carbonyl (C=O) groups excluding carboxylic acids is 3. The highest BCUT2D eigenvalue weighted by Crippen LogP contribution is 2.27. The second-order valence-corrected chi connectivity index (χ2v) is 11.0. The standard InChI is InChI=1S/C37H38N2O9/c1-43-29-20-18-25(19-21-29)22-38-31-30(24-45-34(40)27-14-8-4-9-15-27)47-36(44-2)32(33(31)48-35(41)28-16-10-5-11-17-28)39-37(42)46-23-26-12-6-3-7-13-26/h3-21,30-33,36,38H,22-24H2,1-2H3,(H,39,42)/t30-,31-,32-,33+,36-/m1/s1. The average Bonchev–Trinajstić information content (AvgIpc) is 3.14. The number of methoxy groups -OCH3 is 2. The van der Waals surface area contributed by atoms with Gasteiger partial charge in [0.05, 0.1) is 24.3 Å². The predicted octanol–water partition coefficient (Wildman–Crippen LogP) is 4.90. The summed E-state index contributed by atoms with van der Waals surface area (Å²) in [4.78, 5) is 39.6. The van der Waals surface area contributed by atoms with Crippen LogP contribution in [0.2, 0.25) is 0 Å². The number of esters is 2. The molecule has 1 fully saturated rings. The number of hydrogen-bond donors (Lipinski definition) is 2. The Morgan fingerprint density at radius 3 is 1.90 bits per heavy atom. The van der Waals surface area contributed by atoms with Gasteiger partial charge >= 0.3 is 18.0 Å². The van der Waals surface area contributed by atoms with Crippen LogP contribution in [-0.4, -0.2) is 69.4 Å². The van der Waals surface area contributed by atoms with Crippen LogP contribution in [0.3, 0.4) is 0 Å². The van der Waals surface area contributed by atoms with E-state index in [2.05, 4.69) is 10.6 Å². The van der Waals surface area contributed by atoms with Crippen molar-refractivity contribution in [2.75, 3.05) is 20.8 Å². The summed E-state index contributed by atoms with van der Waals surface area (Å²) in [5, 5.41) is 6.22. The molecule has 0 aliphatic carbocycles. The highest BCUT2D eigenvalue weighted by atomic mass is 16.7. The normalized spacial score (nSPS) is 20.2. The summed E-state index contributed by atoms with van der Waals surface area (Å²) in [6.07, 6.45) is -3.81. The van der Waals surface area contributed by atoms with Gasteiger partial charge in [-0.25, -0.2) is 14.4 Å². The van der Waals surface area contributed by atoms with Crippen LogP contribution in [0.4, 0.5) is 4.79 Å². The first-order chi connectivity index (χ1) is 23.4. The maximum Gasteiger partial charge on any atom is 0.407 e. The van der Waals surface area contributed by atoms with Crippen LogP contribution in [0.25, 0.3) is 0 Å². The molecule has 1 saturated heterocycles. The van der Waals surface area contributed by atoms with E-state index >= 15 is 0 Å². The molecule has 0 radical (unpaired) electrons. The lowest BCUT2D eigenvalue weighted by molar-refractivity contribution is -0.236. The minimum Gasteiger partial charge on any atom is -0.497 e. The monoisotopic (exact) mass is 654 g/mol. The molecule has 11 heteroatoms. The molecule has 1 amide bonds. The van der Waals surface area contributed by atoms with Crippen LogP contribution >= 0.6 is 0 Å². The van der Waals surface area contributed by atoms with Gasteiger partial charge in [-0.2, -0.15) is 0 Å². The van der Waals surface area contributed by atoms with Gasteiger partial charge in [-0.05, 0) is 47.5 Å². The number of ether oxygens (including phenoxy) is 6. The first-order valence-electron chi connectivity index (χ1n) is 15.4. The third kappa shape index (κ3) is 9.19. The van der Waals surface area contributed by atoms with Crippen molar-refractivity contribution in [1.82, 2.24) is 10.6 Å². The van der Waals surface area contributed by atoms with Gasteiger partial charge in [0, 0.05) is 13.7 Å². The van der Waals surface area contributed by atoms with Crippen molar-refractivity contribution in [3.8, 4) is 5.75 Å². The van der Waals surface area contributed by atoms with E-state index in [0.717, 1.165) is 11.1 Å². The minimum absolute atomic E-state index is 0.0174. The Kier molecular flexibility index (Phi) is 12.1. The fourth-order valence-corrected chi connectivity index (χ4v) is 5.28. The van der Waals surface area contributed by atoms with E-state index in [1.165, 1.54) is 7.11 Å². The molecule has 2 N–H and O–H groups in total. The van der Waals surface area contributed by atoms with Gasteiger partial charge in [0.2, 0.25) is 0 Å². The molecule has 11 nitrogen and oxygen atoms in total. The summed E-state index contributed by atoms with van der Waals surface area (Å²) in [5.41, 5.74) is 2.36. The molecule has 1 heterocycles. The average molecular weight is 655 g/mol. The Morgan fingerprint density at radius 2 is 1.29 bits per heavy atom. The Labute approximate surface area is 279 Å². The zero-order valence-corrected chi connectivity index (χ0v) is 26.7. The Hall–Kier alpha value is -5.23. The molecule has 1 aliphatic heterocycles. The smallest absolute Gasteiger partial charge is 0.407 e. The third-order valence-electron chi connectivity index (χ3n) is 7.78. The van der Waals surface area contributed by atoms with Crippen LogP contribution in [-0.2, 0) is 36.8 Å². The first kappa shape index (κ1) is 34.1. The molecule has 5 atom stereocenters. The molecule has 4 aromatic rings. The molecule has 0 bridgehead atoms. The van der Waals surface area contributed by atoms with Crippen molar-refractivity contribution in [3.05, 3.63) is 138 Å². The van der Waals surface area contributed by atoms with Crippen LogP contribution in [0.1, 0.15) is 31.8 Å². The highest BCUT2D eigenvalue weighted by Gasteiger charge is 2.50.